The zero-order chi connectivity index (χ0) is 31.6. The van der Waals surface area contributed by atoms with E-state index in [1.165, 1.54) is 0 Å². The number of hydrogen-bond acceptors (Lipinski definition) is 4. The van der Waals surface area contributed by atoms with Gasteiger partial charge in [0, 0.05) is 57.2 Å². The van der Waals surface area contributed by atoms with Crippen LogP contribution in [0.25, 0.3) is 18.2 Å². The van der Waals surface area contributed by atoms with E-state index in [0.29, 0.717) is 55.8 Å². The van der Waals surface area contributed by atoms with Gasteiger partial charge in [-0.15, -0.1) is 0 Å². The molecule has 0 unspecified atom stereocenters. The molecule has 2 aliphatic heterocycles. The van der Waals surface area contributed by atoms with Crippen molar-refractivity contribution in [2.24, 2.45) is 4.99 Å². The molecule has 0 aliphatic carbocycles. The SMILES string of the molecule is C=CC1=C(C)C(=O)N=C1/C=c1\[nH]/c(=C\c2[nH]c(/C=C3\NC(=O)C(C)=C3C=C)c(C)c2CCC(=O)O)c(CCC(=O)O)c1C. The second-order valence-corrected chi connectivity index (χ2v) is 10.5. The minimum absolute atomic E-state index is 0.0955. The van der Waals surface area contributed by atoms with Crippen LogP contribution >= 0.6 is 0 Å². The Morgan fingerprint density at radius 1 is 0.767 bits per heavy atom. The molecule has 0 saturated carbocycles. The number of carbonyl (C=O) groups excluding carboxylic acids is 2. The number of allylic oxidation sites excluding steroid dienone is 3. The molecule has 2 aliphatic rings. The van der Waals surface area contributed by atoms with E-state index in [9.17, 15) is 29.4 Å². The molecule has 0 atom stereocenters. The van der Waals surface area contributed by atoms with Crippen molar-refractivity contribution in [1.29, 1.82) is 0 Å². The maximum absolute atomic E-state index is 12.3. The largest absolute Gasteiger partial charge is 0.481 e. The average Bonchev–Trinajstić information content (AvgIpc) is 3.59. The maximum atomic E-state index is 12.3. The van der Waals surface area contributed by atoms with E-state index in [4.69, 9.17) is 0 Å². The molecule has 10 heteroatoms. The molecular formula is C33H34N4O6. The van der Waals surface area contributed by atoms with Crippen LogP contribution in [0.5, 0.6) is 0 Å². The van der Waals surface area contributed by atoms with Crippen molar-refractivity contribution in [3.8, 4) is 0 Å². The number of carboxylic acids is 2. The fourth-order valence-electron chi connectivity index (χ4n) is 5.34. The Kier molecular flexibility index (Phi) is 8.80. The molecule has 0 bridgehead atoms. The zero-order valence-electron chi connectivity index (χ0n) is 24.6. The van der Waals surface area contributed by atoms with E-state index in [1.54, 1.807) is 38.2 Å². The summed E-state index contributed by atoms with van der Waals surface area (Å²) in [5.74, 6) is -2.43. The predicted molar refractivity (Wildman–Crippen MR) is 165 cm³/mol. The summed E-state index contributed by atoms with van der Waals surface area (Å²) in [5.41, 5.74) is 7.92. The van der Waals surface area contributed by atoms with E-state index < -0.39 is 11.9 Å². The quantitative estimate of drug-likeness (QED) is 0.273. The molecule has 2 aromatic rings. The zero-order valence-corrected chi connectivity index (χ0v) is 24.6. The average molecular weight is 583 g/mol. The predicted octanol–water partition coefficient (Wildman–Crippen LogP) is 3.06. The molecule has 4 heterocycles. The third kappa shape index (κ3) is 6.18. The van der Waals surface area contributed by atoms with Gasteiger partial charge in [0.2, 0.25) is 0 Å². The van der Waals surface area contributed by atoms with Gasteiger partial charge in [0.25, 0.3) is 11.8 Å². The Morgan fingerprint density at radius 3 is 2.00 bits per heavy atom. The van der Waals surface area contributed by atoms with Gasteiger partial charge in [-0.1, -0.05) is 25.3 Å². The lowest BCUT2D eigenvalue weighted by molar-refractivity contribution is -0.138. The van der Waals surface area contributed by atoms with Gasteiger partial charge in [0.1, 0.15) is 0 Å². The molecule has 10 nitrogen and oxygen atoms in total. The smallest absolute Gasteiger partial charge is 0.303 e. The Hall–Kier alpha value is -5.25. The van der Waals surface area contributed by atoms with E-state index >= 15 is 0 Å². The molecule has 0 fully saturated rings. The first kappa shape index (κ1) is 30.7. The summed E-state index contributed by atoms with van der Waals surface area (Å²) in [6, 6.07) is 0. The number of aliphatic imine (C=N–C) groups is 1. The highest BCUT2D eigenvalue weighted by Gasteiger charge is 2.23. The van der Waals surface area contributed by atoms with Crippen LogP contribution in [0.2, 0.25) is 0 Å². The summed E-state index contributed by atoms with van der Waals surface area (Å²) in [4.78, 5) is 58.4. The van der Waals surface area contributed by atoms with Gasteiger partial charge in [0.05, 0.1) is 11.4 Å². The van der Waals surface area contributed by atoms with Crippen LogP contribution in [0.1, 0.15) is 60.3 Å². The third-order valence-corrected chi connectivity index (χ3v) is 7.85. The molecule has 0 saturated heterocycles. The monoisotopic (exact) mass is 582 g/mol. The van der Waals surface area contributed by atoms with Crippen molar-refractivity contribution in [3.63, 3.8) is 0 Å². The molecule has 222 valence electrons. The summed E-state index contributed by atoms with van der Waals surface area (Å²) in [6.07, 6.45) is 8.88. The van der Waals surface area contributed by atoms with Crippen molar-refractivity contribution in [2.75, 3.05) is 0 Å². The van der Waals surface area contributed by atoms with Gasteiger partial charge in [-0.05, 0) is 81.0 Å². The topological polar surface area (TPSA) is 165 Å². The molecule has 0 radical (unpaired) electrons. The van der Waals surface area contributed by atoms with Crippen molar-refractivity contribution < 1.29 is 29.4 Å². The number of aliphatic carboxylic acids is 2. The lowest BCUT2D eigenvalue weighted by atomic mass is 10.0. The first-order chi connectivity index (χ1) is 20.4. The first-order valence-corrected chi connectivity index (χ1v) is 13.8. The maximum Gasteiger partial charge on any atom is 0.303 e. The number of H-pyrrole nitrogens is 2. The molecule has 43 heavy (non-hydrogen) atoms. The van der Waals surface area contributed by atoms with Crippen LogP contribution in [0.15, 0.2) is 58.3 Å². The van der Waals surface area contributed by atoms with E-state index in [0.717, 1.165) is 22.3 Å². The Bertz CT molecular complexity index is 1860. The number of carbonyl (C=O) groups is 4. The lowest BCUT2D eigenvalue weighted by Crippen LogP contribution is -2.15. The molecule has 0 aromatic carbocycles. The Labute approximate surface area is 248 Å². The summed E-state index contributed by atoms with van der Waals surface area (Å²) >= 11 is 0. The molecule has 5 N–H and O–H groups in total. The number of rotatable bonds is 11. The number of nitrogens with one attached hydrogen (secondary N) is 3. The van der Waals surface area contributed by atoms with E-state index in [-0.39, 0.29) is 37.5 Å². The number of amides is 2. The van der Waals surface area contributed by atoms with E-state index in [1.807, 2.05) is 19.9 Å². The summed E-state index contributed by atoms with van der Waals surface area (Å²) in [7, 11) is 0. The van der Waals surface area contributed by atoms with Crippen LogP contribution < -0.4 is 16.0 Å². The second kappa shape index (κ2) is 12.3. The molecule has 2 amide bonds. The highest BCUT2D eigenvalue weighted by atomic mass is 16.4. The van der Waals surface area contributed by atoms with Crippen molar-refractivity contribution >= 4 is 47.7 Å². The molecule has 4 rings (SSSR count). The van der Waals surface area contributed by atoms with Crippen LogP contribution in [0, 0.1) is 13.8 Å². The third-order valence-electron chi connectivity index (χ3n) is 7.85. The summed E-state index contributed by atoms with van der Waals surface area (Å²) in [6.45, 7) is 14.8. The summed E-state index contributed by atoms with van der Waals surface area (Å²) in [5, 5.41) is 23.0. The van der Waals surface area contributed by atoms with Crippen molar-refractivity contribution in [2.45, 2.75) is 53.4 Å². The molecular weight excluding hydrogens is 548 g/mol. The number of aromatic amines is 2. The van der Waals surface area contributed by atoms with Gasteiger partial charge in [-0.25, -0.2) is 4.99 Å². The minimum Gasteiger partial charge on any atom is -0.481 e. The van der Waals surface area contributed by atoms with Gasteiger partial charge >= 0.3 is 11.9 Å². The van der Waals surface area contributed by atoms with Crippen LogP contribution in [-0.4, -0.2) is 49.6 Å². The molecule has 0 spiro atoms. The van der Waals surface area contributed by atoms with Crippen molar-refractivity contribution in [1.82, 2.24) is 15.3 Å². The Balaban J connectivity index is 1.93. The normalized spacial score (nSPS) is 16.9. The number of hydrogen-bond donors (Lipinski definition) is 5. The highest BCUT2D eigenvalue weighted by molar-refractivity contribution is 6.32. The van der Waals surface area contributed by atoms with E-state index in [2.05, 4.69) is 33.4 Å². The first-order valence-electron chi connectivity index (χ1n) is 13.8. The van der Waals surface area contributed by atoms with Crippen LogP contribution in [0.4, 0.5) is 0 Å². The summed E-state index contributed by atoms with van der Waals surface area (Å²) < 4.78 is 0. The fraction of sp³-hybridized carbons (Fsp3) is 0.242. The van der Waals surface area contributed by atoms with Crippen LogP contribution in [0.3, 0.4) is 0 Å². The van der Waals surface area contributed by atoms with Gasteiger partial charge in [-0.2, -0.15) is 0 Å². The second-order valence-electron chi connectivity index (χ2n) is 10.5. The minimum atomic E-state index is -0.942. The Morgan fingerprint density at radius 2 is 1.40 bits per heavy atom. The highest BCUT2D eigenvalue weighted by Crippen LogP contribution is 2.27. The molecule has 2 aromatic heterocycles. The number of carboxylic acid groups (broad SMARTS) is 2. The van der Waals surface area contributed by atoms with Crippen LogP contribution in [-0.2, 0) is 32.0 Å². The number of nitrogens with zero attached hydrogens (tertiary/aromatic N) is 1. The lowest BCUT2D eigenvalue weighted by Gasteiger charge is -2.02. The van der Waals surface area contributed by atoms with Gasteiger partial charge < -0.3 is 25.5 Å². The fourth-order valence-corrected chi connectivity index (χ4v) is 5.34. The standard InChI is InChI=1S/C33H34N4O6/c1-7-20-18(5)32(42)36-26(20)13-24-16(3)22(9-11-30(38)39)28(34-24)15-29-23(10-12-31(40)41)17(4)25(35-29)14-27-21(8-2)19(6)33(43)37-27/h7-8,13-15,34-35H,1-2,9-12H2,3-6H3,(H,36,42)(H,38,39)(H,40,41)/b25-14-,26-13-,29-15-. The van der Waals surface area contributed by atoms with Crippen molar-refractivity contribution in [3.05, 3.63) is 97.6 Å². The van der Waals surface area contributed by atoms with Gasteiger partial charge in [-0.3, -0.25) is 19.2 Å². The van der Waals surface area contributed by atoms with Gasteiger partial charge in [0.15, 0.2) is 0 Å². The number of aromatic nitrogens is 2.